The van der Waals surface area contributed by atoms with Gasteiger partial charge in [-0.05, 0) is 60.6 Å². The summed E-state index contributed by atoms with van der Waals surface area (Å²) in [5.41, 5.74) is 10.6. The third kappa shape index (κ3) is 4.81. The molecule has 1 aromatic heterocycles. The number of nitrogens with zero attached hydrogens (tertiary/aromatic N) is 1. The van der Waals surface area contributed by atoms with Crippen LogP contribution in [0.25, 0.3) is 5.70 Å². The lowest BCUT2D eigenvalue weighted by Crippen LogP contribution is -2.23. The summed E-state index contributed by atoms with van der Waals surface area (Å²) in [6, 6.07) is 6.14. The third-order valence-electron chi connectivity index (χ3n) is 6.51. The number of allylic oxidation sites excluding steroid dienone is 2. The quantitative estimate of drug-likeness (QED) is 0.417. The van der Waals surface area contributed by atoms with Gasteiger partial charge in [0.05, 0.1) is 5.71 Å². The predicted octanol–water partition coefficient (Wildman–Crippen LogP) is 4.57. The number of aromatic nitrogens is 1. The first-order chi connectivity index (χ1) is 16.2. The van der Waals surface area contributed by atoms with Crippen molar-refractivity contribution in [2.75, 3.05) is 19.3 Å². The average Bonchev–Trinajstić information content (AvgIpc) is 3.55. The SMILES string of the molecule is CN/C=C1/C/C(C=N)=C(/NCC2(C)CC2)c2cnc(N)c(c2)OC(C)c2cc(F)ccc2C1=N. The summed E-state index contributed by atoms with van der Waals surface area (Å²) in [6.07, 6.45) is 6.79. The lowest BCUT2D eigenvalue weighted by molar-refractivity contribution is 0.227. The van der Waals surface area contributed by atoms with Crippen LogP contribution < -0.4 is 21.1 Å². The molecule has 2 heterocycles. The second-order valence-electron chi connectivity index (χ2n) is 9.32. The highest BCUT2D eigenvalue weighted by atomic mass is 19.1. The van der Waals surface area contributed by atoms with E-state index < -0.39 is 11.9 Å². The zero-order valence-electron chi connectivity index (χ0n) is 19.8. The Balaban J connectivity index is 1.91. The highest BCUT2D eigenvalue weighted by molar-refractivity contribution is 6.12. The predicted molar refractivity (Wildman–Crippen MR) is 134 cm³/mol. The first-order valence-corrected chi connectivity index (χ1v) is 11.4. The number of fused-ring (bicyclic) bond motifs is 3. The van der Waals surface area contributed by atoms with Crippen molar-refractivity contribution in [2.45, 2.75) is 39.2 Å². The molecule has 1 saturated carbocycles. The molecular formula is C26H31FN6O. The highest BCUT2D eigenvalue weighted by Crippen LogP contribution is 2.44. The van der Waals surface area contributed by atoms with E-state index in [4.69, 9.17) is 21.3 Å². The first-order valence-electron chi connectivity index (χ1n) is 11.4. The van der Waals surface area contributed by atoms with Crippen LogP contribution >= 0.6 is 0 Å². The molecule has 1 unspecified atom stereocenters. The fourth-order valence-electron chi connectivity index (χ4n) is 4.11. The van der Waals surface area contributed by atoms with E-state index in [0.717, 1.165) is 30.6 Å². The van der Waals surface area contributed by atoms with E-state index in [1.807, 2.05) is 6.07 Å². The zero-order valence-corrected chi connectivity index (χ0v) is 19.8. The Morgan fingerprint density at radius 2 is 2.09 bits per heavy atom. The zero-order chi connectivity index (χ0) is 24.5. The molecule has 0 spiro atoms. The van der Waals surface area contributed by atoms with Gasteiger partial charge in [-0.1, -0.05) is 6.92 Å². The lowest BCUT2D eigenvalue weighted by atomic mass is 9.90. The highest BCUT2D eigenvalue weighted by Gasteiger charge is 2.37. The van der Waals surface area contributed by atoms with E-state index in [2.05, 4.69) is 22.5 Å². The molecule has 34 heavy (non-hydrogen) atoms. The molecule has 0 saturated heterocycles. The van der Waals surface area contributed by atoms with E-state index in [9.17, 15) is 4.39 Å². The van der Waals surface area contributed by atoms with Crippen LogP contribution in [0.2, 0.25) is 0 Å². The van der Waals surface area contributed by atoms with Crippen LogP contribution in [0.1, 0.15) is 55.9 Å². The van der Waals surface area contributed by atoms with E-state index in [1.165, 1.54) is 18.3 Å². The molecule has 2 bridgehead atoms. The summed E-state index contributed by atoms with van der Waals surface area (Å²) in [6.45, 7) is 4.80. The second kappa shape index (κ2) is 9.29. The molecule has 178 valence electrons. The summed E-state index contributed by atoms with van der Waals surface area (Å²) in [7, 11) is 1.77. The standard InChI is InChI=1S/C26H31FN6O/c1-15-21-10-19(27)4-5-20(21)23(29)17(12-31-3)8-16(11-28)24(33-14-26(2)6-7-26)18-9-22(34-15)25(30)32-13-18/h4-5,9-13,15,28-29,31,33H,6-8,14H2,1-3H3,(H2,30,32)/b17-12-,24-16-,28-11?,29-23?. The van der Waals surface area contributed by atoms with Crippen LogP contribution in [-0.2, 0) is 0 Å². The van der Waals surface area contributed by atoms with Gasteiger partial charge in [0, 0.05) is 61.0 Å². The van der Waals surface area contributed by atoms with Gasteiger partial charge in [0.2, 0.25) is 0 Å². The summed E-state index contributed by atoms with van der Waals surface area (Å²) < 4.78 is 20.4. The van der Waals surface area contributed by atoms with Crippen LogP contribution in [0, 0.1) is 22.1 Å². The molecule has 1 aromatic carbocycles. The number of nitrogens with one attached hydrogen (secondary N) is 4. The Bertz CT molecular complexity index is 1200. The summed E-state index contributed by atoms with van der Waals surface area (Å²) in [4.78, 5) is 4.35. The Morgan fingerprint density at radius 3 is 2.76 bits per heavy atom. The Hall–Kier alpha value is -3.68. The van der Waals surface area contributed by atoms with Crippen molar-refractivity contribution in [3.8, 4) is 5.75 Å². The lowest BCUT2D eigenvalue weighted by Gasteiger charge is -2.24. The van der Waals surface area contributed by atoms with Gasteiger partial charge in [0.1, 0.15) is 11.9 Å². The number of rotatable bonds is 5. The number of nitrogen functional groups attached to an aromatic ring is 1. The molecule has 4 rings (SSSR count). The summed E-state index contributed by atoms with van der Waals surface area (Å²) in [5, 5.41) is 23.8. The van der Waals surface area contributed by atoms with Gasteiger partial charge in [0.25, 0.3) is 0 Å². The topological polar surface area (TPSA) is 120 Å². The molecule has 1 atom stereocenters. The van der Waals surface area contributed by atoms with Crippen molar-refractivity contribution >= 4 is 23.4 Å². The second-order valence-corrected chi connectivity index (χ2v) is 9.32. The molecule has 7 nitrogen and oxygen atoms in total. The van der Waals surface area contributed by atoms with Gasteiger partial charge in [-0.15, -0.1) is 0 Å². The van der Waals surface area contributed by atoms with Crippen molar-refractivity contribution in [1.29, 1.82) is 10.8 Å². The molecule has 0 amide bonds. The molecule has 6 N–H and O–H groups in total. The van der Waals surface area contributed by atoms with Gasteiger partial charge in [0.15, 0.2) is 11.6 Å². The van der Waals surface area contributed by atoms with Gasteiger partial charge in [-0.3, -0.25) is 5.41 Å². The minimum Gasteiger partial charge on any atom is -0.482 e. The number of halogens is 1. The summed E-state index contributed by atoms with van der Waals surface area (Å²) >= 11 is 0. The van der Waals surface area contributed by atoms with Crippen molar-refractivity contribution in [2.24, 2.45) is 5.41 Å². The number of hydrogen-bond donors (Lipinski definition) is 5. The average molecular weight is 463 g/mol. The molecule has 2 aliphatic rings. The minimum absolute atomic E-state index is 0.223. The van der Waals surface area contributed by atoms with Crippen molar-refractivity contribution in [1.82, 2.24) is 15.6 Å². The van der Waals surface area contributed by atoms with E-state index >= 15 is 0 Å². The Morgan fingerprint density at radius 1 is 1.32 bits per heavy atom. The van der Waals surface area contributed by atoms with E-state index in [-0.39, 0.29) is 16.9 Å². The monoisotopic (exact) mass is 462 g/mol. The number of benzene rings is 1. The van der Waals surface area contributed by atoms with Gasteiger partial charge in [-0.2, -0.15) is 0 Å². The molecule has 2 aromatic rings. The van der Waals surface area contributed by atoms with Crippen LogP contribution in [0.5, 0.6) is 5.75 Å². The number of anilines is 1. The van der Waals surface area contributed by atoms with Gasteiger partial charge < -0.3 is 26.5 Å². The Labute approximate surface area is 199 Å². The van der Waals surface area contributed by atoms with Gasteiger partial charge in [-0.25, -0.2) is 9.37 Å². The molecular weight excluding hydrogens is 431 g/mol. The Kier molecular flexibility index (Phi) is 6.41. The fraction of sp³-hybridized carbons (Fsp3) is 0.346. The largest absolute Gasteiger partial charge is 0.482 e. The first kappa shape index (κ1) is 23.5. The third-order valence-corrected chi connectivity index (χ3v) is 6.51. The fourth-order valence-corrected chi connectivity index (χ4v) is 4.11. The summed E-state index contributed by atoms with van der Waals surface area (Å²) in [5.74, 6) is 0.189. The number of hydrogen-bond acceptors (Lipinski definition) is 7. The molecule has 1 aliphatic heterocycles. The molecule has 1 aliphatic carbocycles. The van der Waals surface area contributed by atoms with Crippen molar-refractivity contribution in [3.63, 3.8) is 0 Å². The molecule has 0 radical (unpaired) electrons. The minimum atomic E-state index is -0.575. The van der Waals surface area contributed by atoms with Crippen LogP contribution in [0.4, 0.5) is 10.2 Å². The normalized spacial score (nSPS) is 22.6. The van der Waals surface area contributed by atoms with Gasteiger partial charge >= 0.3 is 0 Å². The molecule has 1 fully saturated rings. The van der Waals surface area contributed by atoms with Crippen LogP contribution in [0.15, 0.2) is 47.8 Å². The van der Waals surface area contributed by atoms with E-state index in [1.54, 1.807) is 32.4 Å². The maximum Gasteiger partial charge on any atom is 0.166 e. The van der Waals surface area contributed by atoms with Crippen LogP contribution in [-0.4, -0.2) is 30.5 Å². The smallest absolute Gasteiger partial charge is 0.166 e. The van der Waals surface area contributed by atoms with Crippen molar-refractivity contribution in [3.05, 3.63) is 70.3 Å². The molecule has 8 heteroatoms. The van der Waals surface area contributed by atoms with E-state index in [0.29, 0.717) is 34.4 Å². The van der Waals surface area contributed by atoms with Crippen molar-refractivity contribution < 1.29 is 9.13 Å². The number of pyridine rings is 1. The maximum atomic E-state index is 14.2. The number of nitrogens with two attached hydrogens (primary N) is 1. The van der Waals surface area contributed by atoms with Crippen LogP contribution in [0.3, 0.4) is 0 Å². The maximum absolute atomic E-state index is 14.2. The number of ether oxygens (including phenoxy) is 1.